The fraction of sp³-hybridized carbons (Fsp3) is 0.250. The van der Waals surface area contributed by atoms with Crippen LogP contribution < -0.4 is 15.1 Å². The number of ether oxygens (including phenoxy) is 1. The average Bonchev–Trinajstić information content (AvgIpc) is 3.39. The topological polar surface area (TPSA) is 79.0 Å². The van der Waals surface area contributed by atoms with Crippen LogP contribution >= 0.6 is 0 Å². The maximum absolute atomic E-state index is 14.8. The summed E-state index contributed by atoms with van der Waals surface area (Å²) in [7, 11) is 5.09. The molecule has 0 spiro atoms. The number of fused-ring (bicyclic) bond motifs is 1. The zero-order valence-corrected chi connectivity index (χ0v) is 20.1. The number of halogens is 1. The first kappa shape index (κ1) is 23.7. The Morgan fingerprint density at radius 1 is 0.944 bits per heavy atom. The molecular weight excluding hydrogens is 461 g/mol. The SMILES string of the molecule is COC(=O)[C@@]1(c2ccccc2)N[C@@H](c2ccc(N(C)C)cc2)[C@H]2C(=O)N(c3ccccc3F)C(=O)[C@H]21. The highest BCUT2D eigenvalue weighted by Crippen LogP contribution is 2.54. The van der Waals surface area contributed by atoms with E-state index in [1.54, 1.807) is 36.4 Å². The van der Waals surface area contributed by atoms with Crippen molar-refractivity contribution in [2.75, 3.05) is 31.0 Å². The molecule has 2 heterocycles. The molecule has 0 aliphatic carbocycles. The minimum atomic E-state index is -1.64. The number of hydrogen-bond donors (Lipinski definition) is 1. The molecule has 3 aromatic carbocycles. The summed E-state index contributed by atoms with van der Waals surface area (Å²) in [5.74, 6) is -4.69. The molecule has 5 rings (SSSR count). The molecule has 8 heteroatoms. The van der Waals surface area contributed by atoms with E-state index < -0.39 is 47.0 Å². The molecule has 2 aliphatic heterocycles. The quantitative estimate of drug-likeness (QED) is 0.439. The van der Waals surface area contributed by atoms with Crippen LogP contribution in [-0.2, 0) is 24.7 Å². The summed E-state index contributed by atoms with van der Waals surface area (Å²) in [4.78, 5) is 44.2. The van der Waals surface area contributed by atoms with Gasteiger partial charge in [-0.3, -0.25) is 14.9 Å². The number of benzene rings is 3. The molecule has 184 valence electrons. The van der Waals surface area contributed by atoms with Crippen LogP contribution in [0.4, 0.5) is 15.8 Å². The Morgan fingerprint density at radius 2 is 1.58 bits per heavy atom. The van der Waals surface area contributed by atoms with Gasteiger partial charge in [0.25, 0.3) is 0 Å². The molecule has 36 heavy (non-hydrogen) atoms. The monoisotopic (exact) mass is 487 g/mol. The van der Waals surface area contributed by atoms with Crippen molar-refractivity contribution in [2.24, 2.45) is 11.8 Å². The Balaban J connectivity index is 1.71. The van der Waals surface area contributed by atoms with Crippen molar-refractivity contribution in [3.05, 3.63) is 95.8 Å². The Labute approximate surface area is 208 Å². The number of imide groups is 1. The summed E-state index contributed by atoms with van der Waals surface area (Å²) in [6, 6.07) is 21.2. The summed E-state index contributed by atoms with van der Waals surface area (Å²) in [6.45, 7) is 0. The molecule has 0 aromatic heterocycles. The normalized spacial score (nSPS) is 25.1. The molecule has 2 fully saturated rings. The van der Waals surface area contributed by atoms with E-state index in [1.165, 1.54) is 25.3 Å². The van der Waals surface area contributed by atoms with E-state index in [0.717, 1.165) is 16.2 Å². The molecule has 4 atom stereocenters. The zero-order valence-electron chi connectivity index (χ0n) is 20.1. The smallest absolute Gasteiger partial charge is 0.331 e. The third-order valence-corrected chi connectivity index (χ3v) is 7.16. The lowest BCUT2D eigenvalue weighted by Crippen LogP contribution is -2.53. The summed E-state index contributed by atoms with van der Waals surface area (Å²) in [5, 5.41) is 3.34. The Bertz CT molecular complexity index is 1330. The summed E-state index contributed by atoms with van der Waals surface area (Å²) >= 11 is 0. The molecule has 2 amide bonds. The number of amides is 2. The Kier molecular flexibility index (Phi) is 5.84. The van der Waals surface area contributed by atoms with Crippen LogP contribution in [0.25, 0.3) is 0 Å². The molecule has 2 saturated heterocycles. The van der Waals surface area contributed by atoms with Crippen LogP contribution in [0, 0.1) is 17.7 Å². The summed E-state index contributed by atoms with van der Waals surface area (Å²) in [5.41, 5.74) is 0.413. The van der Waals surface area contributed by atoms with E-state index in [4.69, 9.17) is 4.74 Å². The predicted octanol–water partition coefficient (Wildman–Crippen LogP) is 3.41. The van der Waals surface area contributed by atoms with Crippen molar-refractivity contribution in [1.82, 2.24) is 5.32 Å². The highest BCUT2D eigenvalue weighted by Gasteiger charge is 2.69. The van der Waals surface area contributed by atoms with Gasteiger partial charge in [0.2, 0.25) is 11.8 Å². The minimum Gasteiger partial charge on any atom is -0.467 e. The van der Waals surface area contributed by atoms with Crippen molar-refractivity contribution in [2.45, 2.75) is 11.6 Å². The van der Waals surface area contributed by atoms with E-state index in [0.29, 0.717) is 5.56 Å². The first-order valence-electron chi connectivity index (χ1n) is 11.6. The van der Waals surface area contributed by atoms with Gasteiger partial charge in [0.15, 0.2) is 5.54 Å². The van der Waals surface area contributed by atoms with Gasteiger partial charge in [0, 0.05) is 25.8 Å². The first-order valence-corrected chi connectivity index (χ1v) is 11.6. The second kappa shape index (κ2) is 8.87. The number of nitrogens with one attached hydrogen (secondary N) is 1. The van der Waals surface area contributed by atoms with E-state index in [1.807, 2.05) is 43.3 Å². The second-order valence-electron chi connectivity index (χ2n) is 9.24. The molecule has 0 unspecified atom stereocenters. The zero-order chi connectivity index (χ0) is 25.6. The van der Waals surface area contributed by atoms with Crippen molar-refractivity contribution in [3.8, 4) is 0 Å². The maximum Gasteiger partial charge on any atom is 0.331 e. The van der Waals surface area contributed by atoms with Crippen LogP contribution in [0.3, 0.4) is 0 Å². The molecular formula is C28H26FN3O4. The maximum atomic E-state index is 14.8. The lowest BCUT2D eigenvalue weighted by atomic mass is 9.75. The van der Waals surface area contributed by atoms with E-state index in [-0.39, 0.29) is 5.69 Å². The predicted molar refractivity (Wildman–Crippen MR) is 133 cm³/mol. The van der Waals surface area contributed by atoms with Crippen LogP contribution in [-0.4, -0.2) is 39.0 Å². The minimum absolute atomic E-state index is 0.129. The van der Waals surface area contributed by atoms with Gasteiger partial charge >= 0.3 is 5.97 Å². The highest BCUT2D eigenvalue weighted by atomic mass is 19.1. The fourth-order valence-electron chi connectivity index (χ4n) is 5.48. The van der Waals surface area contributed by atoms with Gasteiger partial charge in [-0.15, -0.1) is 0 Å². The molecule has 3 aromatic rings. The number of para-hydroxylation sites is 1. The highest BCUT2D eigenvalue weighted by molar-refractivity contribution is 6.24. The molecule has 0 saturated carbocycles. The van der Waals surface area contributed by atoms with Crippen LogP contribution in [0.5, 0.6) is 0 Å². The molecule has 1 N–H and O–H groups in total. The molecule has 0 bridgehead atoms. The first-order chi connectivity index (χ1) is 17.3. The van der Waals surface area contributed by atoms with Crippen molar-refractivity contribution in [1.29, 1.82) is 0 Å². The Morgan fingerprint density at radius 3 is 2.19 bits per heavy atom. The van der Waals surface area contributed by atoms with Gasteiger partial charge < -0.3 is 9.64 Å². The number of anilines is 2. The number of esters is 1. The third kappa shape index (κ3) is 3.40. The number of methoxy groups -OCH3 is 1. The number of hydrogen-bond acceptors (Lipinski definition) is 6. The number of nitrogens with zero attached hydrogens (tertiary/aromatic N) is 2. The third-order valence-electron chi connectivity index (χ3n) is 7.16. The van der Waals surface area contributed by atoms with Crippen molar-refractivity contribution in [3.63, 3.8) is 0 Å². The lowest BCUT2D eigenvalue weighted by Gasteiger charge is -2.33. The van der Waals surface area contributed by atoms with Crippen LogP contribution in [0.2, 0.25) is 0 Å². The number of carbonyl (C=O) groups excluding carboxylic acids is 3. The van der Waals surface area contributed by atoms with Gasteiger partial charge in [-0.25, -0.2) is 14.1 Å². The Hall–Kier alpha value is -4.04. The summed E-state index contributed by atoms with van der Waals surface area (Å²) in [6.07, 6.45) is 0. The summed E-state index contributed by atoms with van der Waals surface area (Å²) < 4.78 is 20.0. The fourth-order valence-corrected chi connectivity index (χ4v) is 5.48. The van der Waals surface area contributed by atoms with Crippen molar-refractivity contribution >= 4 is 29.2 Å². The molecule has 2 aliphatic rings. The van der Waals surface area contributed by atoms with Crippen molar-refractivity contribution < 1.29 is 23.5 Å². The largest absolute Gasteiger partial charge is 0.467 e. The number of rotatable bonds is 5. The standard InChI is InChI=1S/C28H26FN3O4/c1-31(2)19-15-13-17(14-16-19)24-22-23(26(34)32(25(22)33)21-12-8-7-11-20(21)29)28(30-24,27(35)36-3)18-9-5-4-6-10-18/h4-16,22-24,30H,1-3H3/t22-,23-,24-,28-/m0/s1. The van der Waals surface area contributed by atoms with E-state index in [2.05, 4.69) is 5.32 Å². The van der Waals surface area contributed by atoms with Gasteiger partial charge in [-0.1, -0.05) is 54.6 Å². The van der Waals surface area contributed by atoms with E-state index in [9.17, 15) is 18.8 Å². The average molecular weight is 488 g/mol. The number of carbonyl (C=O) groups is 3. The second-order valence-corrected chi connectivity index (χ2v) is 9.24. The van der Waals surface area contributed by atoms with Gasteiger partial charge in [0.05, 0.1) is 24.6 Å². The van der Waals surface area contributed by atoms with Gasteiger partial charge in [-0.05, 0) is 35.4 Å². The van der Waals surface area contributed by atoms with Gasteiger partial charge in [-0.2, -0.15) is 0 Å². The van der Waals surface area contributed by atoms with Gasteiger partial charge in [0.1, 0.15) is 5.82 Å². The van der Waals surface area contributed by atoms with Crippen LogP contribution in [0.1, 0.15) is 17.2 Å². The van der Waals surface area contributed by atoms with E-state index >= 15 is 0 Å². The molecule has 0 radical (unpaired) electrons. The van der Waals surface area contributed by atoms with Crippen LogP contribution in [0.15, 0.2) is 78.9 Å². The molecule has 7 nitrogen and oxygen atoms in total. The lowest BCUT2D eigenvalue weighted by molar-refractivity contribution is -0.152.